The number of rotatable bonds is 4. The van der Waals surface area contributed by atoms with Crippen LogP contribution in [0.4, 0.5) is 18.9 Å². The van der Waals surface area contributed by atoms with Crippen LogP contribution in [0.25, 0.3) is 0 Å². The second-order valence-electron chi connectivity index (χ2n) is 5.54. The van der Waals surface area contributed by atoms with Crippen molar-refractivity contribution in [2.75, 3.05) is 5.32 Å². The molecule has 0 saturated heterocycles. The van der Waals surface area contributed by atoms with Crippen LogP contribution in [0, 0.1) is 6.92 Å². The number of hydrazone groups is 1. The monoisotopic (exact) mass is 363 g/mol. The van der Waals surface area contributed by atoms with Gasteiger partial charge in [0.15, 0.2) is 0 Å². The third-order valence-electron chi connectivity index (χ3n) is 3.43. The molecular formula is C18H16F3N3O2. The molecule has 2 aromatic rings. The smallest absolute Gasteiger partial charge is 0.318 e. The maximum absolute atomic E-state index is 12.3. The van der Waals surface area contributed by atoms with Gasteiger partial charge in [-0.1, -0.05) is 29.8 Å². The normalized spacial score (nSPS) is 11.8. The van der Waals surface area contributed by atoms with Crippen LogP contribution in [0.15, 0.2) is 53.6 Å². The van der Waals surface area contributed by atoms with E-state index >= 15 is 0 Å². The molecule has 0 heterocycles. The van der Waals surface area contributed by atoms with Crippen molar-refractivity contribution < 1.29 is 22.8 Å². The van der Waals surface area contributed by atoms with Crippen molar-refractivity contribution in [1.29, 1.82) is 0 Å². The second-order valence-corrected chi connectivity index (χ2v) is 5.54. The molecule has 0 aliphatic heterocycles. The van der Waals surface area contributed by atoms with Gasteiger partial charge < -0.3 is 5.32 Å². The average molecular weight is 363 g/mol. The molecule has 0 atom stereocenters. The van der Waals surface area contributed by atoms with Crippen molar-refractivity contribution in [1.82, 2.24) is 5.43 Å². The van der Waals surface area contributed by atoms with Crippen LogP contribution >= 0.6 is 0 Å². The fourth-order valence-corrected chi connectivity index (χ4v) is 1.99. The highest BCUT2D eigenvalue weighted by atomic mass is 19.4. The Kier molecular flexibility index (Phi) is 5.76. The van der Waals surface area contributed by atoms with E-state index in [9.17, 15) is 22.8 Å². The molecule has 0 fully saturated rings. The summed E-state index contributed by atoms with van der Waals surface area (Å²) in [7, 11) is 0. The summed E-state index contributed by atoms with van der Waals surface area (Å²) in [5, 5.41) is 5.71. The van der Waals surface area contributed by atoms with E-state index < -0.39 is 18.0 Å². The largest absolute Gasteiger partial charge is 0.471 e. The highest BCUT2D eigenvalue weighted by Gasteiger charge is 2.38. The molecule has 2 amide bonds. The number of amides is 2. The first-order chi connectivity index (χ1) is 12.2. The van der Waals surface area contributed by atoms with Gasteiger partial charge in [0.2, 0.25) is 0 Å². The minimum Gasteiger partial charge on any atom is -0.318 e. The van der Waals surface area contributed by atoms with E-state index in [2.05, 4.69) is 10.5 Å². The summed E-state index contributed by atoms with van der Waals surface area (Å²) >= 11 is 0. The Balaban J connectivity index is 2.09. The lowest BCUT2D eigenvalue weighted by atomic mass is 10.1. The standard InChI is InChI=1S/C18H16F3N3O2/c1-11-6-8-13(9-7-11)16(25)24-23-12(2)14-4-3-5-15(10-14)22-17(26)18(19,20)21/h3-10H,1-2H3,(H,22,26)(H,24,25)/b23-12-. The molecule has 2 rings (SSSR count). The van der Waals surface area contributed by atoms with Crippen molar-refractivity contribution in [3.63, 3.8) is 0 Å². The number of alkyl halides is 3. The van der Waals surface area contributed by atoms with E-state index in [-0.39, 0.29) is 5.69 Å². The SMILES string of the molecule is C/C(=N/NC(=O)c1ccc(C)cc1)c1cccc(NC(=O)C(F)(F)F)c1. The number of hydrogen-bond donors (Lipinski definition) is 2. The van der Waals surface area contributed by atoms with Gasteiger partial charge in [-0.2, -0.15) is 18.3 Å². The van der Waals surface area contributed by atoms with Crippen molar-refractivity contribution in [2.24, 2.45) is 5.10 Å². The first-order valence-corrected chi connectivity index (χ1v) is 7.57. The Morgan fingerprint density at radius 1 is 1.00 bits per heavy atom. The lowest BCUT2D eigenvalue weighted by Gasteiger charge is -2.09. The number of nitrogens with one attached hydrogen (secondary N) is 2. The molecule has 2 aromatic carbocycles. The summed E-state index contributed by atoms with van der Waals surface area (Å²) in [4.78, 5) is 23.0. The highest BCUT2D eigenvalue weighted by Crippen LogP contribution is 2.19. The molecule has 8 heteroatoms. The van der Waals surface area contributed by atoms with Gasteiger partial charge in [-0.15, -0.1) is 0 Å². The van der Waals surface area contributed by atoms with E-state index in [1.165, 1.54) is 18.2 Å². The molecule has 26 heavy (non-hydrogen) atoms. The van der Waals surface area contributed by atoms with Gasteiger partial charge in [-0.25, -0.2) is 5.43 Å². The summed E-state index contributed by atoms with van der Waals surface area (Å²) in [5.74, 6) is -2.47. The Hall–Kier alpha value is -3.16. The van der Waals surface area contributed by atoms with Crippen LogP contribution in [-0.2, 0) is 4.79 Å². The quantitative estimate of drug-likeness (QED) is 0.643. The number of hydrogen-bond acceptors (Lipinski definition) is 3. The average Bonchev–Trinajstić information content (AvgIpc) is 2.59. The maximum atomic E-state index is 12.3. The second kappa shape index (κ2) is 7.81. The number of carbonyl (C=O) groups excluding carboxylic acids is 2. The number of anilines is 1. The summed E-state index contributed by atoms with van der Waals surface area (Å²) in [6, 6.07) is 12.6. The minimum absolute atomic E-state index is 0.0239. The first-order valence-electron chi connectivity index (χ1n) is 7.57. The fraction of sp³-hybridized carbons (Fsp3) is 0.167. The first kappa shape index (κ1) is 19.2. The summed E-state index contributed by atoms with van der Waals surface area (Å²) < 4.78 is 36.9. The van der Waals surface area contributed by atoms with E-state index in [1.807, 2.05) is 6.92 Å². The van der Waals surface area contributed by atoms with Gasteiger partial charge in [-0.3, -0.25) is 9.59 Å². The van der Waals surface area contributed by atoms with Crippen molar-refractivity contribution in [2.45, 2.75) is 20.0 Å². The van der Waals surface area contributed by atoms with Crippen molar-refractivity contribution >= 4 is 23.2 Å². The predicted molar refractivity (Wildman–Crippen MR) is 92.0 cm³/mol. The van der Waals surface area contributed by atoms with Gasteiger partial charge in [0.1, 0.15) is 0 Å². The summed E-state index contributed by atoms with van der Waals surface area (Å²) in [6.45, 7) is 3.48. The molecule has 136 valence electrons. The van der Waals surface area contributed by atoms with Gasteiger partial charge in [0.25, 0.3) is 5.91 Å². The Labute approximate surface area is 147 Å². The van der Waals surface area contributed by atoms with Gasteiger partial charge in [0.05, 0.1) is 5.71 Å². The number of benzene rings is 2. The van der Waals surface area contributed by atoms with Crippen LogP contribution in [0.1, 0.15) is 28.4 Å². The van der Waals surface area contributed by atoms with Crippen LogP contribution < -0.4 is 10.7 Å². The Morgan fingerprint density at radius 2 is 1.65 bits per heavy atom. The highest BCUT2D eigenvalue weighted by molar-refractivity contribution is 6.02. The molecule has 0 radical (unpaired) electrons. The van der Waals surface area contributed by atoms with E-state index in [0.29, 0.717) is 16.8 Å². The van der Waals surface area contributed by atoms with Crippen LogP contribution in [0.2, 0.25) is 0 Å². The topological polar surface area (TPSA) is 70.6 Å². The molecule has 0 bridgehead atoms. The third kappa shape index (κ3) is 5.17. The maximum Gasteiger partial charge on any atom is 0.471 e. The number of aryl methyl sites for hydroxylation is 1. The predicted octanol–water partition coefficient (Wildman–Crippen LogP) is 3.65. The third-order valence-corrected chi connectivity index (χ3v) is 3.43. The number of carbonyl (C=O) groups is 2. The molecule has 0 aliphatic rings. The lowest BCUT2D eigenvalue weighted by molar-refractivity contribution is -0.167. The number of nitrogens with zero attached hydrogens (tertiary/aromatic N) is 1. The van der Waals surface area contributed by atoms with Gasteiger partial charge >= 0.3 is 12.1 Å². The summed E-state index contributed by atoms with van der Waals surface area (Å²) in [5.41, 5.74) is 4.62. The molecule has 5 nitrogen and oxygen atoms in total. The van der Waals surface area contributed by atoms with E-state index in [1.54, 1.807) is 42.6 Å². The van der Waals surface area contributed by atoms with Crippen molar-refractivity contribution in [3.8, 4) is 0 Å². The summed E-state index contributed by atoms with van der Waals surface area (Å²) in [6.07, 6.45) is -4.97. The molecular weight excluding hydrogens is 347 g/mol. The van der Waals surface area contributed by atoms with Crippen LogP contribution in [0.5, 0.6) is 0 Å². The van der Waals surface area contributed by atoms with E-state index in [0.717, 1.165) is 5.56 Å². The fourth-order valence-electron chi connectivity index (χ4n) is 1.99. The molecule has 0 spiro atoms. The van der Waals surface area contributed by atoms with E-state index in [4.69, 9.17) is 0 Å². The Morgan fingerprint density at radius 3 is 2.27 bits per heavy atom. The van der Waals surface area contributed by atoms with Gasteiger partial charge in [0, 0.05) is 11.3 Å². The zero-order valence-electron chi connectivity index (χ0n) is 14.0. The molecule has 0 aromatic heterocycles. The molecule has 0 unspecified atom stereocenters. The molecule has 2 N–H and O–H groups in total. The Bertz CT molecular complexity index is 844. The zero-order valence-corrected chi connectivity index (χ0v) is 14.0. The zero-order chi connectivity index (χ0) is 19.3. The van der Waals surface area contributed by atoms with Crippen LogP contribution in [0.3, 0.4) is 0 Å². The molecule has 0 saturated carbocycles. The van der Waals surface area contributed by atoms with Gasteiger partial charge in [-0.05, 0) is 43.7 Å². The number of halogens is 3. The van der Waals surface area contributed by atoms with Crippen LogP contribution in [-0.4, -0.2) is 23.7 Å². The molecule has 0 aliphatic carbocycles. The lowest BCUT2D eigenvalue weighted by Crippen LogP contribution is -2.29. The minimum atomic E-state index is -4.97. The van der Waals surface area contributed by atoms with Crippen molar-refractivity contribution in [3.05, 3.63) is 65.2 Å².